The highest BCUT2D eigenvalue weighted by Crippen LogP contribution is 2.35. The van der Waals surface area contributed by atoms with Crippen LogP contribution in [0.15, 0.2) is 24.3 Å². The standard InChI is InChI=1S/C18H23BN4/c1-4-14-16(5-2)20-18(22-19)21-17(14)23-11-10-13-8-6-7-9-15(13)12(23)3/h6-9,12H,4-5,10-11H2,1-3H3,(H,20,21,22). The van der Waals surface area contributed by atoms with E-state index in [1.54, 1.807) is 0 Å². The maximum atomic E-state index is 5.58. The lowest BCUT2D eigenvalue weighted by molar-refractivity contribution is 0.612. The van der Waals surface area contributed by atoms with E-state index >= 15 is 0 Å². The Balaban J connectivity index is 2.08. The van der Waals surface area contributed by atoms with E-state index < -0.39 is 0 Å². The maximum absolute atomic E-state index is 5.58. The lowest BCUT2D eigenvalue weighted by Gasteiger charge is -2.37. The number of rotatable bonds is 4. The SMILES string of the molecule is [B]Nc1nc(CC)c(CC)c(N2CCc3ccccc3C2C)n1. The van der Waals surface area contributed by atoms with E-state index in [-0.39, 0.29) is 0 Å². The van der Waals surface area contributed by atoms with Gasteiger partial charge in [0.15, 0.2) is 0 Å². The van der Waals surface area contributed by atoms with Gasteiger partial charge < -0.3 is 10.1 Å². The van der Waals surface area contributed by atoms with Crippen LogP contribution in [0.25, 0.3) is 0 Å². The molecule has 0 aliphatic carbocycles. The number of anilines is 2. The third kappa shape index (κ3) is 2.80. The van der Waals surface area contributed by atoms with Gasteiger partial charge in [-0.1, -0.05) is 38.1 Å². The Kier molecular flexibility index (Phi) is 4.55. The minimum absolute atomic E-state index is 0.301. The molecular formula is C18H23BN4. The van der Waals surface area contributed by atoms with Crippen molar-refractivity contribution in [3.05, 3.63) is 46.6 Å². The van der Waals surface area contributed by atoms with E-state index in [0.29, 0.717) is 12.0 Å². The average Bonchev–Trinajstić information content (AvgIpc) is 2.61. The zero-order valence-electron chi connectivity index (χ0n) is 14.1. The minimum atomic E-state index is 0.301. The van der Waals surface area contributed by atoms with Crippen molar-refractivity contribution in [1.82, 2.24) is 9.97 Å². The summed E-state index contributed by atoms with van der Waals surface area (Å²) in [6.07, 6.45) is 2.85. The number of hydrogen-bond acceptors (Lipinski definition) is 4. The Morgan fingerprint density at radius 1 is 1.22 bits per heavy atom. The van der Waals surface area contributed by atoms with Gasteiger partial charge in [-0.3, -0.25) is 0 Å². The molecule has 0 saturated heterocycles. The first-order chi connectivity index (χ1) is 11.2. The highest BCUT2D eigenvalue weighted by atomic mass is 15.2. The molecule has 1 N–H and O–H groups in total. The van der Waals surface area contributed by atoms with E-state index in [1.807, 2.05) is 0 Å². The quantitative estimate of drug-likeness (QED) is 0.881. The summed E-state index contributed by atoms with van der Waals surface area (Å²) in [6.45, 7) is 7.51. The van der Waals surface area contributed by atoms with Crippen molar-refractivity contribution >= 4 is 19.7 Å². The molecule has 1 unspecified atom stereocenters. The van der Waals surface area contributed by atoms with Crippen LogP contribution < -0.4 is 10.1 Å². The van der Waals surface area contributed by atoms with Crippen molar-refractivity contribution in [2.24, 2.45) is 0 Å². The molecule has 0 bridgehead atoms. The van der Waals surface area contributed by atoms with Gasteiger partial charge in [0, 0.05) is 12.1 Å². The zero-order valence-corrected chi connectivity index (χ0v) is 14.1. The minimum Gasteiger partial charge on any atom is -0.407 e. The summed E-state index contributed by atoms with van der Waals surface area (Å²) in [6, 6.07) is 8.99. The third-order valence-electron chi connectivity index (χ3n) is 4.76. The van der Waals surface area contributed by atoms with Crippen LogP contribution in [-0.4, -0.2) is 24.5 Å². The van der Waals surface area contributed by atoms with Crippen molar-refractivity contribution < 1.29 is 0 Å². The van der Waals surface area contributed by atoms with Gasteiger partial charge >= 0.3 is 0 Å². The Labute approximate surface area is 139 Å². The lowest BCUT2D eigenvalue weighted by Crippen LogP contribution is -2.35. The predicted molar refractivity (Wildman–Crippen MR) is 96.1 cm³/mol. The molecule has 1 atom stereocenters. The second-order valence-electron chi connectivity index (χ2n) is 5.97. The number of nitrogens with zero attached hydrogens (tertiary/aromatic N) is 3. The third-order valence-corrected chi connectivity index (χ3v) is 4.76. The van der Waals surface area contributed by atoms with Gasteiger partial charge in [0.25, 0.3) is 0 Å². The van der Waals surface area contributed by atoms with Crippen molar-refractivity contribution in [1.29, 1.82) is 0 Å². The van der Waals surface area contributed by atoms with E-state index in [4.69, 9.17) is 13.0 Å². The molecule has 23 heavy (non-hydrogen) atoms. The first-order valence-electron chi connectivity index (χ1n) is 8.40. The molecule has 1 aromatic heterocycles. The Hall–Kier alpha value is -2.04. The Morgan fingerprint density at radius 3 is 2.70 bits per heavy atom. The van der Waals surface area contributed by atoms with Crippen LogP contribution >= 0.6 is 0 Å². The summed E-state index contributed by atoms with van der Waals surface area (Å²) in [7, 11) is 5.58. The number of benzene rings is 1. The van der Waals surface area contributed by atoms with Crippen LogP contribution in [0.5, 0.6) is 0 Å². The number of hydrogen-bond donors (Lipinski definition) is 1. The molecule has 2 radical (unpaired) electrons. The maximum Gasteiger partial charge on any atom is 0.226 e. The molecule has 118 valence electrons. The van der Waals surface area contributed by atoms with Crippen molar-refractivity contribution in [2.75, 3.05) is 16.7 Å². The molecule has 0 saturated carbocycles. The highest BCUT2D eigenvalue weighted by molar-refractivity contribution is 6.15. The normalized spacial score (nSPS) is 17.0. The van der Waals surface area contributed by atoms with E-state index in [9.17, 15) is 0 Å². The molecule has 3 rings (SSSR count). The zero-order chi connectivity index (χ0) is 16.4. The number of fused-ring (bicyclic) bond motifs is 1. The van der Waals surface area contributed by atoms with Gasteiger partial charge in [-0.05, 0) is 37.3 Å². The summed E-state index contributed by atoms with van der Waals surface area (Å²) in [5.41, 5.74) is 5.14. The van der Waals surface area contributed by atoms with Crippen LogP contribution in [0.1, 0.15) is 49.2 Å². The van der Waals surface area contributed by atoms with Crippen LogP contribution in [0, 0.1) is 0 Å². The summed E-state index contributed by atoms with van der Waals surface area (Å²) in [5, 5.41) is 2.62. The summed E-state index contributed by atoms with van der Waals surface area (Å²) in [4.78, 5) is 11.6. The van der Waals surface area contributed by atoms with Gasteiger partial charge in [-0.2, -0.15) is 4.98 Å². The van der Waals surface area contributed by atoms with Crippen LogP contribution in [0.3, 0.4) is 0 Å². The molecule has 0 amide bonds. The summed E-state index contributed by atoms with van der Waals surface area (Å²) in [5.74, 6) is 1.52. The fourth-order valence-corrected chi connectivity index (χ4v) is 3.54. The number of nitrogens with one attached hydrogen (secondary N) is 1. The second-order valence-corrected chi connectivity index (χ2v) is 5.97. The van der Waals surface area contributed by atoms with Gasteiger partial charge in [0.1, 0.15) is 5.82 Å². The van der Waals surface area contributed by atoms with Crippen LogP contribution in [-0.2, 0) is 19.3 Å². The summed E-state index contributed by atoms with van der Waals surface area (Å²) < 4.78 is 0. The first kappa shape index (κ1) is 15.8. The highest BCUT2D eigenvalue weighted by Gasteiger charge is 2.27. The fourth-order valence-electron chi connectivity index (χ4n) is 3.54. The Morgan fingerprint density at radius 2 is 2.00 bits per heavy atom. The van der Waals surface area contributed by atoms with E-state index in [2.05, 4.69) is 60.1 Å². The molecular weight excluding hydrogens is 283 g/mol. The lowest BCUT2D eigenvalue weighted by atomic mass is 9.93. The van der Waals surface area contributed by atoms with E-state index in [1.165, 1.54) is 16.7 Å². The monoisotopic (exact) mass is 306 g/mol. The fraction of sp³-hybridized carbons (Fsp3) is 0.444. The van der Waals surface area contributed by atoms with Crippen LogP contribution in [0.2, 0.25) is 0 Å². The summed E-state index contributed by atoms with van der Waals surface area (Å²) >= 11 is 0. The predicted octanol–water partition coefficient (Wildman–Crippen LogP) is 3.22. The van der Waals surface area contributed by atoms with Crippen LogP contribution in [0.4, 0.5) is 11.8 Å². The number of aromatic nitrogens is 2. The van der Waals surface area contributed by atoms with Gasteiger partial charge in [-0.25, -0.2) is 4.98 Å². The molecule has 1 aliphatic heterocycles. The molecule has 1 aromatic carbocycles. The largest absolute Gasteiger partial charge is 0.407 e. The van der Waals surface area contributed by atoms with Gasteiger partial charge in [-0.15, -0.1) is 0 Å². The molecule has 0 spiro atoms. The Bertz CT molecular complexity index is 701. The molecule has 2 heterocycles. The molecule has 4 nitrogen and oxygen atoms in total. The smallest absolute Gasteiger partial charge is 0.226 e. The van der Waals surface area contributed by atoms with Crippen molar-refractivity contribution in [3.8, 4) is 0 Å². The molecule has 1 aliphatic rings. The average molecular weight is 306 g/mol. The topological polar surface area (TPSA) is 41.1 Å². The van der Waals surface area contributed by atoms with E-state index in [0.717, 1.165) is 37.3 Å². The second kappa shape index (κ2) is 6.61. The van der Waals surface area contributed by atoms with Crippen molar-refractivity contribution in [2.45, 2.75) is 46.1 Å². The molecule has 2 aromatic rings. The van der Waals surface area contributed by atoms with Gasteiger partial charge in [0.05, 0.1) is 11.7 Å². The molecule has 0 fully saturated rings. The van der Waals surface area contributed by atoms with Crippen molar-refractivity contribution in [3.63, 3.8) is 0 Å². The number of aryl methyl sites for hydroxylation is 1. The first-order valence-corrected chi connectivity index (χ1v) is 8.40. The van der Waals surface area contributed by atoms with Gasteiger partial charge in [0.2, 0.25) is 13.9 Å². The molecule has 5 heteroatoms.